The predicted molar refractivity (Wildman–Crippen MR) is 71.7 cm³/mol. The van der Waals surface area contributed by atoms with Crippen LogP contribution in [-0.2, 0) is 10.2 Å². The number of hydrogen-bond acceptors (Lipinski definition) is 3. The van der Waals surface area contributed by atoms with Crippen molar-refractivity contribution in [1.29, 1.82) is 0 Å². The first-order valence-corrected chi connectivity index (χ1v) is 7.04. The highest BCUT2D eigenvalue weighted by molar-refractivity contribution is 8.06. The maximum atomic E-state index is 11.6. The molecule has 0 aromatic heterocycles. The Balaban J connectivity index is 2.32. The Hall–Kier alpha value is -1.59. The summed E-state index contributed by atoms with van der Waals surface area (Å²) in [5.74, 6) is 0.409. The molecule has 18 heavy (non-hydrogen) atoms. The van der Waals surface area contributed by atoms with Crippen molar-refractivity contribution in [2.75, 3.05) is 7.05 Å². The lowest BCUT2D eigenvalue weighted by atomic mass is 10.1. The van der Waals surface area contributed by atoms with Crippen molar-refractivity contribution in [3.05, 3.63) is 42.5 Å². The van der Waals surface area contributed by atoms with E-state index >= 15 is 0 Å². The zero-order valence-electron chi connectivity index (χ0n) is 9.50. The molecule has 6 heteroatoms. The van der Waals surface area contributed by atoms with Gasteiger partial charge in [-0.05, 0) is 11.5 Å². The Morgan fingerprint density at radius 2 is 1.89 bits per heavy atom. The van der Waals surface area contributed by atoms with Crippen LogP contribution in [0, 0.1) is 0 Å². The molecule has 0 saturated carbocycles. The fourth-order valence-electron chi connectivity index (χ4n) is 1.50. The van der Waals surface area contributed by atoms with Gasteiger partial charge < -0.3 is 4.74 Å². The molecule has 0 radical (unpaired) electrons. The molecule has 0 spiro atoms. The van der Waals surface area contributed by atoms with Gasteiger partial charge in [0.15, 0.2) is 0 Å². The predicted octanol–water partition coefficient (Wildman–Crippen LogP) is 3.09. The van der Waals surface area contributed by atoms with Crippen LogP contribution in [0.2, 0.25) is 0 Å². The van der Waals surface area contributed by atoms with Gasteiger partial charge in [0.1, 0.15) is 5.75 Å². The number of halogens is 1. The topological polar surface area (TPSA) is 46.6 Å². The fourth-order valence-corrected chi connectivity index (χ4v) is 1.83. The largest absolute Gasteiger partial charge is 0.427 e. The third kappa shape index (κ3) is 2.63. The summed E-state index contributed by atoms with van der Waals surface area (Å²) in [5.41, 5.74) is 0. The molecule has 2 aromatic rings. The second kappa shape index (κ2) is 5.37. The molecule has 0 fully saturated rings. The molecule has 2 aromatic carbocycles. The van der Waals surface area contributed by atoms with Crippen molar-refractivity contribution in [2.45, 2.75) is 0 Å². The number of benzene rings is 2. The van der Waals surface area contributed by atoms with Gasteiger partial charge in [0, 0.05) is 23.1 Å². The Labute approximate surface area is 111 Å². The fraction of sp³-hybridized carbons (Fsp3) is 0.0833. The zero-order chi connectivity index (χ0) is 13.1. The average molecular weight is 284 g/mol. The minimum atomic E-state index is -1.92. The Morgan fingerprint density at radius 3 is 2.61 bits per heavy atom. The quantitative estimate of drug-likeness (QED) is 0.796. The van der Waals surface area contributed by atoms with Crippen LogP contribution in [0.25, 0.3) is 10.8 Å². The van der Waals surface area contributed by atoms with Gasteiger partial charge in [-0.15, -0.1) is 0 Å². The summed E-state index contributed by atoms with van der Waals surface area (Å²) in [4.78, 5) is 11.6. The van der Waals surface area contributed by atoms with Crippen LogP contribution in [0.5, 0.6) is 5.75 Å². The highest BCUT2D eigenvalue weighted by Crippen LogP contribution is 2.25. The van der Waals surface area contributed by atoms with Crippen LogP contribution in [0.15, 0.2) is 42.5 Å². The van der Waals surface area contributed by atoms with Crippen molar-refractivity contribution in [3.63, 3.8) is 0 Å². The van der Waals surface area contributed by atoms with Crippen LogP contribution >= 0.6 is 10.7 Å². The maximum absolute atomic E-state index is 11.6. The molecule has 94 valence electrons. The molecule has 0 aliphatic rings. The van der Waals surface area contributed by atoms with Crippen LogP contribution in [0.1, 0.15) is 0 Å². The number of fused-ring (bicyclic) bond motifs is 1. The Bertz CT molecular complexity index is 612. The molecule has 1 amide bonds. The molecule has 0 bridgehead atoms. The summed E-state index contributed by atoms with van der Waals surface area (Å²) >= 11 is 0. The van der Waals surface area contributed by atoms with Crippen molar-refractivity contribution >= 4 is 37.7 Å². The SMILES string of the molecule is CN(C(=O)Oc1cccc2ccccc12)S(=O)Cl. The van der Waals surface area contributed by atoms with Gasteiger partial charge in [-0.3, -0.25) is 0 Å². The summed E-state index contributed by atoms with van der Waals surface area (Å²) in [7, 11) is 4.69. The molecular weight excluding hydrogens is 274 g/mol. The van der Waals surface area contributed by atoms with E-state index in [1.807, 2.05) is 30.3 Å². The van der Waals surface area contributed by atoms with Crippen molar-refractivity contribution < 1.29 is 13.7 Å². The first-order valence-electron chi connectivity index (χ1n) is 5.11. The molecule has 0 N–H and O–H groups in total. The monoisotopic (exact) mass is 283 g/mol. The van der Waals surface area contributed by atoms with Gasteiger partial charge in [0.2, 0.25) is 10.2 Å². The molecule has 0 aliphatic carbocycles. The van der Waals surface area contributed by atoms with Crippen molar-refractivity contribution in [1.82, 2.24) is 4.31 Å². The van der Waals surface area contributed by atoms with Crippen LogP contribution in [-0.4, -0.2) is 21.7 Å². The molecular formula is C12H10ClNO3S. The number of hydrogen-bond donors (Lipinski definition) is 0. The normalized spacial score (nSPS) is 12.1. The average Bonchev–Trinajstić information content (AvgIpc) is 2.38. The molecule has 2 rings (SSSR count). The molecule has 4 nitrogen and oxygen atoms in total. The summed E-state index contributed by atoms with van der Waals surface area (Å²) in [6.07, 6.45) is -0.764. The highest BCUT2D eigenvalue weighted by atomic mass is 35.7. The number of carbonyl (C=O) groups is 1. The van der Waals surface area contributed by atoms with E-state index < -0.39 is 16.3 Å². The van der Waals surface area contributed by atoms with Gasteiger partial charge in [0.25, 0.3) is 0 Å². The molecule has 0 heterocycles. The zero-order valence-corrected chi connectivity index (χ0v) is 11.1. The Morgan fingerprint density at radius 1 is 1.22 bits per heavy atom. The first-order chi connectivity index (χ1) is 8.59. The Kier molecular flexibility index (Phi) is 3.84. The minimum absolute atomic E-state index is 0.409. The lowest BCUT2D eigenvalue weighted by Crippen LogP contribution is -2.29. The van der Waals surface area contributed by atoms with E-state index in [9.17, 15) is 9.00 Å². The second-order valence-electron chi connectivity index (χ2n) is 3.55. The van der Waals surface area contributed by atoms with Gasteiger partial charge in [-0.25, -0.2) is 13.3 Å². The van der Waals surface area contributed by atoms with E-state index in [1.165, 1.54) is 7.05 Å². The lowest BCUT2D eigenvalue weighted by Gasteiger charge is -2.12. The van der Waals surface area contributed by atoms with Gasteiger partial charge in [0.05, 0.1) is 0 Å². The first kappa shape index (κ1) is 12.9. The molecule has 0 aliphatic heterocycles. The second-order valence-corrected chi connectivity index (χ2v) is 5.30. The van der Waals surface area contributed by atoms with Gasteiger partial charge in [-0.2, -0.15) is 0 Å². The number of amides is 1. The van der Waals surface area contributed by atoms with Crippen molar-refractivity contribution in [3.8, 4) is 5.75 Å². The summed E-state index contributed by atoms with van der Waals surface area (Å²) in [6.45, 7) is 0. The molecule has 0 saturated heterocycles. The molecule has 1 atom stereocenters. The number of ether oxygens (including phenoxy) is 1. The minimum Gasteiger partial charge on any atom is -0.409 e. The lowest BCUT2D eigenvalue weighted by molar-refractivity contribution is 0.187. The van der Waals surface area contributed by atoms with E-state index in [0.29, 0.717) is 5.75 Å². The standard InChI is InChI=1S/C12H10ClNO3S/c1-14(18(13)16)12(15)17-11-8-4-6-9-5-2-3-7-10(9)11/h2-8H,1H3. The van der Waals surface area contributed by atoms with Gasteiger partial charge >= 0.3 is 6.09 Å². The van der Waals surface area contributed by atoms with Crippen molar-refractivity contribution in [2.24, 2.45) is 0 Å². The third-order valence-electron chi connectivity index (χ3n) is 2.42. The van der Waals surface area contributed by atoms with Crippen LogP contribution < -0.4 is 4.74 Å². The summed E-state index contributed by atoms with van der Waals surface area (Å²) in [6, 6.07) is 12.9. The van der Waals surface area contributed by atoms with Gasteiger partial charge in [-0.1, -0.05) is 36.4 Å². The number of carbonyl (C=O) groups excluding carboxylic acids is 1. The molecule has 1 unspecified atom stereocenters. The van der Waals surface area contributed by atoms with E-state index in [2.05, 4.69) is 0 Å². The van der Waals surface area contributed by atoms with E-state index in [0.717, 1.165) is 15.1 Å². The number of rotatable bonds is 2. The third-order valence-corrected chi connectivity index (χ3v) is 3.62. The smallest absolute Gasteiger partial charge is 0.409 e. The maximum Gasteiger partial charge on any atom is 0.427 e. The number of nitrogens with zero attached hydrogens (tertiary/aromatic N) is 1. The van der Waals surface area contributed by atoms with Crippen LogP contribution in [0.3, 0.4) is 0 Å². The van der Waals surface area contributed by atoms with E-state index in [1.54, 1.807) is 12.1 Å². The van der Waals surface area contributed by atoms with Crippen LogP contribution in [0.4, 0.5) is 4.79 Å². The van der Waals surface area contributed by atoms with E-state index in [4.69, 9.17) is 15.4 Å². The van der Waals surface area contributed by atoms with E-state index in [-0.39, 0.29) is 0 Å². The highest BCUT2D eigenvalue weighted by Gasteiger charge is 2.16. The summed E-state index contributed by atoms with van der Waals surface area (Å²) in [5, 5.41) is 1.76. The summed E-state index contributed by atoms with van der Waals surface area (Å²) < 4.78 is 16.9.